The predicted molar refractivity (Wildman–Crippen MR) is 60.9 cm³/mol. The Balaban J connectivity index is 2.01. The van der Waals surface area contributed by atoms with Crippen LogP contribution in [0, 0.1) is 6.92 Å². The highest BCUT2D eigenvalue weighted by Crippen LogP contribution is 2.14. The molecule has 4 nitrogen and oxygen atoms in total. The SMILES string of the molecule is Cc1cc(NC2CCCNC2C)ncn1. The van der Waals surface area contributed by atoms with Crippen LogP contribution in [0.4, 0.5) is 5.82 Å². The van der Waals surface area contributed by atoms with Gasteiger partial charge < -0.3 is 10.6 Å². The minimum Gasteiger partial charge on any atom is -0.366 e. The number of nitrogens with one attached hydrogen (secondary N) is 2. The van der Waals surface area contributed by atoms with Crippen LogP contribution in [0.1, 0.15) is 25.5 Å². The van der Waals surface area contributed by atoms with E-state index in [1.54, 1.807) is 6.33 Å². The summed E-state index contributed by atoms with van der Waals surface area (Å²) in [6.45, 7) is 5.32. The summed E-state index contributed by atoms with van der Waals surface area (Å²) in [5, 5.41) is 6.92. The van der Waals surface area contributed by atoms with E-state index in [0.717, 1.165) is 18.1 Å². The van der Waals surface area contributed by atoms with Crippen molar-refractivity contribution in [3.8, 4) is 0 Å². The van der Waals surface area contributed by atoms with Crippen LogP contribution < -0.4 is 10.6 Å². The highest BCUT2D eigenvalue weighted by Gasteiger charge is 2.20. The van der Waals surface area contributed by atoms with Gasteiger partial charge in [0.2, 0.25) is 0 Å². The fourth-order valence-corrected chi connectivity index (χ4v) is 1.96. The maximum atomic E-state index is 4.22. The van der Waals surface area contributed by atoms with E-state index < -0.39 is 0 Å². The molecule has 0 amide bonds. The number of rotatable bonds is 2. The summed E-state index contributed by atoms with van der Waals surface area (Å²) in [6.07, 6.45) is 4.04. The molecule has 1 aliphatic heterocycles. The normalized spacial score (nSPS) is 26.3. The molecule has 2 heterocycles. The zero-order valence-corrected chi connectivity index (χ0v) is 9.33. The topological polar surface area (TPSA) is 49.8 Å². The summed E-state index contributed by atoms with van der Waals surface area (Å²) in [4.78, 5) is 8.30. The Kier molecular flexibility index (Phi) is 3.16. The third kappa shape index (κ3) is 2.65. The molecule has 82 valence electrons. The second-order valence-electron chi connectivity index (χ2n) is 4.18. The fraction of sp³-hybridized carbons (Fsp3) is 0.636. The molecule has 0 saturated carbocycles. The lowest BCUT2D eigenvalue weighted by Crippen LogP contribution is -2.46. The van der Waals surface area contributed by atoms with Gasteiger partial charge in [0.25, 0.3) is 0 Å². The van der Waals surface area contributed by atoms with Crippen LogP contribution in [0.3, 0.4) is 0 Å². The third-order valence-electron chi connectivity index (χ3n) is 2.90. The van der Waals surface area contributed by atoms with E-state index in [1.807, 2.05) is 13.0 Å². The van der Waals surface area contributed by atoms with E-state index in [1.165, 1.54) is 12.8 Å². The average molecular weight is 206 g/mol. The summed E-state index contributed by atoms with van der Waals surface area (Å²) in [7, 11) is 0. The van der Waals surface area contributed by atoms with Crippen LogP contribution in [0.15, 0.2) is 12.4 Å². The minimum atomic E-state index is 0.480. The highest BCUT2D eigenvalue weighted by atomic mass is 15.1. The van der Waals surface area contributed by atoms with E-state index in [4.69, 9.17) is 0 Å². The maximum absolute atomic E-state index is 4.22. The second kappa shape index (κ2) is 4.57. The fourth-order valence-electron chi connectivity index (χ4n) is 1.96. The summed E-state index contributed by atoms with van der Waals surface area (Å²) < 4.78 is 0. The van der Waals surface area contributed by atoms with Gasteiger partial charge in [-0.3, -0.25) is 0 Å². The number of aromatic nitrogens is 2. The van der Waals surface area contributed by atoms with Crippen molar-refractivity contribution < 1.29 is 0 Å². The smallest absolute Gasteiger partial charge is 0.129 e. The summed E-state index contributed by atoms with van der Waals surface area (Å²) in [5.74, 6) is 0.933. The molecule has 0 radical (unpaired) electrons. The Morgan fingerprint density at radius 1 is 1.47 bits per heavy atom. The first-order chi connectivity index (χ1) is 7.25. The quantitative estimate of drug-likeness (QED) is 0.766. The third-order valence-corrected chi connectivity index (χ3v) is 2.90. The number of piperidine rings is 1. The minimum absolute atomic E-state index is 0.480. The van der Waals surface area contributed by atoms with Gasteiger partial charge in [0.1, 0.15) is 12.1 Å². The number of aryl methyl sites for hydroxylation is 1. The van der Waals surface area contributed by atoms with Crippen LogP contribution in [0.25, 0.3) is 0 Å². The highest BCUT2D eigenvalue weighted by molar-refractivity contribution is 5.36. The molecular weight excluding hydrogens is 188 g/mol. The van der Waals surface area contributed by atoms with Gasteiger partial charge in [-0.15, -0.1) is 0 Å². The van der Waals surface area contributed by atoms with E-state index in [9.17, 15) is 0 Å². The molecule has 15 heavy (non-hydrogen) atoms. The molecule has 2 N–H and O–H groups in total. The van der Waals surface area contributed by atoms with Crippen LogP contribution >= 0.6 is 0 Å². The summed E-state index contributed by atoms with van der Waals surface area (Å²) in [5.41, 5.74) is 1.00. The van der Waals surface area contributed by atoms with Gasteiger partial charge in [-0.1, -0.05) is 0 Å². The van der Waals surface area contributed by atoms with Crippen LogP contribution in [-0.4, -0.2) is 28.6 Å². The van der Waals surface area contributed by atoms with Crippen LogP contribution in [0.2, 0.25) is 0 Å². The Labute approximate surface area is 90.5 Å². The van der Waals surface area contributed by atoms with Crippen molar-refractivity contribution in [2.75, 3.05) is 11.9 Å². The van der Waals surface area contributed by atoms with Crippen molar-refractivity contribution in [1.82, 2.24) is 15.3 Å². The summed E-state index contributed by atoms with van der Waals surface area (Å²) in [6, 6.07) is 2.98. The number of hydrogen-bond donors (Lipinski definition) is 2. The Bertz CT molecular complexity index is 326. The van der Waals surface area contributed by atoms with Gasteiger partial charge in [-0.2, -0.15) is 0 Å². The number of nitrogens with zero attached hydrogens (tertiary/aromatic N) is 2. The molecule has 1 aromatic rings. The Morgan fingerprint density at radius 3 is 3.07 bits per heavy atom. The van der Waals surface area contributed by atoms with Gasteiger partial charge in [0.15, 0.2) is 0 Å². The zero-order valence-electron chi connectivity index (χ0n) is 9.33. The molecule has 1 aromatic heterocycles. The molecule has 0 spiro atoms. The lowest BCUT2D eigenvalue weighted by molar-refractivity contribution is 0.388. The van der Waals surface area contributed by atoms with E-state index in [2.05, 4.69) is 27.5 Å². The summed E-state index contributed by atoms with van der Waals surface area (Å²) >= 11 is 0. The molecule has 2 unspecified atom stereocenters. The standard InChI is InChI=1S/C11H18N4/c1-8-6-11(14-7-13-8)15-10-4-3-5-12-9(10)2/h6-7,9-10,12H,3-5H2,1-2H3,(H,13,14,15). The van der Waals surface area contributed by atoms with Gasteiger partial charge in [-0.05, 0) is 33.2 Å². The molecule has 0 aromatic carbocycles. The van der Waals surface area contributed by atoms with E-state index in [-0.39, 0.29) is 0 Å². The lowest BCUT2D eigenvalue weighted by Gasteiger charge is -2.31. The monoisotopic (exact) mass is 206 g/mol. The Morgan fingerprint density at radius 2 is 2.33 bits per heavy atom. The van der Waals surface area contributed by atoms with Crippen molar-refractivity contribution in [2.45, 2.75) is 38.8 Å². The molecule has 1 fully saturated rings. The van der Waals surface area contributed by atoms with Crippen LogP contribution in [0.5, 0.6) is 0 Å². The first kappa shape index (κ1) is 10.4. The van der Waals surface area contributed by atoms with Gasteiger partial charge in [0, 0.05) is 23.8 Å². The molecule has 2 atom stereocenters. The van der Waals surface area contributed by atoms with Crippen molar-refractivity contribution in [2.24, 2.45) is 0 Å². The first-order valence-corrected chi connectivity index (χ1v) is 5.54. The molecule has 4 heteroatoms. The van der Waals surface area contributed by atoms with Gasteiger partial charge in [-0.25, -0.2) is 9.97 Å². The molecule has 0 bridgehead atoms. The molecule has 1 saturated heterocycles. The largest absolute Gasteiger partial charge is 0.366 e. The second-order valence-corrected chi connectivity index (χ2v) is 4.18. The first-order valence-electron chi connectivity index (χ1n) is 5.54. The Hall–Kier alpha value is -1.16. The van der Waals surface area contributed by atoms with E-state index in [0.29, 0.717) is 12.1 Å². The zero-order chi connectivity index (χ0) is 10.7. The van der Waals surface area contributed by atoms with Crippen molar-refractivity contribution in [3.63, 3.8) is 0 Å². The number of hydrogen-bond acceptors (Lipinski definition) is 4. The van der Waals surface area contributed by atoms with Crippen molar-refractivity contribution >= 4 is 5.82 Å². The average Bonchev–Trinajstić information content (AvgIpc) is 2.22. The molecule has 0 aliphatic carbocycles. The molecular formula is C11H18N4. The number of anilines is 1. The van der Waals surface area contributed by atoms with Crippen molar-refractivity contribution in [1.29, 1.82) is 0 Å². The van der Waals surface area contributed by atoms with Crippen molar-refractivity contribution in [3.05, 3.63) is 18.1 Å². The van der Waals surface area contributed by atoms with Gasteiger partial charge in [0.05, 0.1) is 0 Å². The molecule has 1 aliphatic rings. The van der Waals surface area contributed by atoms with Crippen LogP contribution in [-0.2, 0) is 0 Å². The lowest BCUT2D eigenvalue weighted by atomic mass is 10.00. The maximum Gasteiger partial charge on any atom is 0.129 e. The molecule has 2 rings (SSSR count). The predicted octanol–water partition coefficient (Wildman–Crippen LogP) is 1.34. The van der Waals surface area contributed by atoms with Gasteiger partial charge >= 0.3 is 0 Å². The van der Waals surface area contributed by atoms with E-state index >= 15 is 0 Å².